The first-order chi connectivity index (χ1) is 32.1. The molecule has 12 rings (SSSR count). The molecule has 1 saturated carbocycles. The summed E-state index contributed by atoms with van der Waals surface area (Å²) in [5.74, 6) is 0.793. The molecule has 2 unspecified atom stereocenters. The van der Waals surface area contributed by atoms with Crippen molar-refractivity contribution < 1.29 is 4.42 Å². The molecular weight excluding hydrogens is 787 g/mol. The second-order valence-corrected chi connectivity index (χ2v) is 18.3. The highest BCUT2D eigenvalue weighted by Gasteiger charge is 2.29. The third kappa shape index (κ3) is 7.15. The largest absolute Gasteiger partial charge is 0.456 e. The van der Waals surface area contributed by atoms with Crippen LogP contribution in [0.5, 0.6) is 0 Å². The molecule has 0 aliphatic heterocycles. The van der Waals surface area contributed by atoms with Gasteiger partial charge in [0.25, 0.3) is 0 Å². The average Bonchev–Trinajstić information content (AvgIpc) is 3.75. The maximum absolute atomic E-state index is 6.21. The number of para-hydroxylation sites is 2. The van der Waals surface area contributed by atoms with E-state index >= 15 is 0 Å². The van der Waals surface area contributed by atoms with Gasteiger partial charge in [-0.2, -0.15) is 0 Å². The van der Waals surface area contributed by atoms with Crippen molar-refractivity contribution in [3.8, 4) is 33.4 Å². The number of anilines is 2. The highest BCUT2D eigenvalue weighted by Crippen LogP contribution is 2.46. The van der Waals surface area contributed by atoms with Crippen LogP contribution in [0.1, 0.15) is 56.1 Å². The first-order valence-corrected chi connectivity index (χ1v) is 23.6. The lowest BCUT2D eigenvalue weighted by atomic mass is 9.80. The fourth-order valence-corrected chi connectivity index (χ4v) is 11.1. The predicted octanol–water partition coefficient (Wildman–Crippen LogP) is 17.7. The Balaban J connectivity index is 0.947. The Kier molecular flexibility index (Phi) is 10.0. The summed E-state index contributed by atoms with van der Waals surface area (Å²) in [6.45, 7) is 2.38. The van der Waals surface area contributed by atoms with Crippen molar-refractivity contribution in [2.45, 2.75) is 51.0 Å². The Labute approximate surface area is 381 Å². The third-order valence-corrected chi connectivity index (χ3v) is 14.4. The highest BCUT2D eigenvalue weighted by molar-refractivity contribution is 6.06. The van der Waals surface area contributed by atoms with E-state index in [1.807, 2.05) is 6.07 Å². The number of hydrogen-bond acceptors (Lipinski definition) is 2. The van der Waals surface area contributed by atoms with E-state index in [2.05, 4.69) is 218 Å². The molecule has 2 heteroatoms. The van der Waals surface area contributed by atoms with Crippen LogP contribution in [0.2, 0.25) is 0 Å². The molecular formula is C63H51NO. The Morgan fingerprint density at radius 3 is 1.91 bits per heavy atom. The molecule has 2 atom stereocenters. The summed E-state index contributed by atoms with van der Waals surface area (Å²) >= 11 is 0. The molecule has 2 nitrogen and oxygen atoms in total. The molecule has 2 aliphatic rings. The van der Waals surface area contributed by atoms with Crippen LogP contribution in [0, 0.1) is 5.92 Å². The molecule has 1 aromatic heterocycles. The maximum atomic E-state index is 6.21. The Morgan fingerprint density at radius 2 is 1.09 bits per heavy atom. The molecule has 0 spiro atoms. The zero-order chi connectivity index (χ0) is 43.3. The summed E-state index contributed by atoms with van der Waals surface area (Å²) in [4.78, 5) is 2.60. The van der Waals surface area contributed by atoms with Gasteiger partial charge in [0.15, 0.2) is 0 Å². The molecule has 0 amide bonds. The van der Waals surface area contributed by atoms with Crippen LogP contribution >= 0.6 is 0 Å². The quantitative estimate of drug-likeness (QED) is 0.152. The average molecular weight is 838 g/mol. The van der Waals surface area contributed by atoms with Gasteiger partial charge < -0.3 is 9.32 Å². The zero-order valence-corrected chi connectivity index (χ0v) is 36.8. The molecule has 1 heterocycles. The van der Waals surface area contributed by atoms with Gasteiger partial charge in [0, 0.05) is 27.7 Å². The molecule has 0 saturated heterocycles. The van der Waals surface area contributed by atoms with E-state index in [1.54, 1.807) is 0 Å². The van der Waals surface area contributed by atoms with Crippen LogP contribution in [-0.4, -0.2) is 6.04 Å². The van der Waals surface area contributed by atoms with Gasteiger partial charge in [0.05, 0.1) is 6.04 Å². The lowest BCUT2D eigenvalue weighted by molar-refractivity contribution is 0.445. The molecule has 1 fully saturated rings. The molecule has 0 bridgehead atoms. The first-order valence-electron chi connectivity index (χ1n) is 23.6. The van der Waals surface area contributed by atoms with Crippen molar-refractivity contribution in [2.24, 2.45) is 5.92 Å². The highest BCUT2D eigenvalue weighted by atomic mass is 16.3. The minimum absolute atomic E-state index is 0.0667. The molecule has 314 valence electrons. The van der Waals surface area contributed by atoms with Gasteiger partial charge in [0.1, 0.15) is 11.2 Å². The minimum atomic E-state index is 0.0667. The number of benzene rings is 9. The second kappa shape index (κ2) is 16.6. The van der Waals surface area contributed by atoms with Crippen molar-refractivity contribution in [1.82, 2.24) is 0 Å². The van der Waals surface area contributed by atoms with Crippen molar-refractivity contribution in [1.29, 1.82) is 0 Å². The van der Waals surface area contributed by atoms with E-state index in [9.17, 15) is 0 Å². The summed E-state index contributed by atoms with van der Waals surface area (Å²) < 4.78 is 6.21. The van der Waals surface area contributed by atoms with E-state index < -0.39 is 0 Å². The van der Waals surface area contributed by atoms with Gasteiger partial charge >= 0.3 is 0 Å². The van der Waals surface area contributed by atoms with E-state index in [4.69, 9.17) is 4.42 Å². The van der Waals surface area contributed by atoms with E-state index in [0.29, 0.717) is 5.92 Å². The van der Waals surface area contributed by atoms with Crippen LogP contribution < -0.4 is 4.90 Å². The van der Waals surface area contributed by atoms with Crippen LogP contribution in [-0.2, 0) is 0 Å². The summed E-state index contributed by atoms with van der Waals surface area (Å²) in [7, 11) is 0. The van der Waals surface area contributed by atoms with Crippen LogP contribution in [0.3, 0.4) is 0 Å². The fourth-order valence-electron chi connectivity index (χ4n) is 11.1. The van der Waals surface area contributed by atoms with Gasteiger partial charge in [-0.15, -0.1) is 0 Å². The van der Waals surface area contributed by atoms with Crippen molar-refractivity contribution >= 4 is 60.4 Å². The van der Waals surface area contributed by atoms with Gasteiger partial charge in [0.2, 0.25) is 0 Å². The standard InChI is InChI=1S/C63H51NO/c1-42-40-49(50-35-39-62-58(41-50)56-22-8-10-27-61(56)65-62)34-38-59(42)64(51-36-32-44(33-37-51)43-28-30-47(31-29-43)53-23-11-17-45-16-5-6-20-52(45)53)60-26-9-7-21-55(60)57-25-13-19-48-18-12-24-54(63(48)57)46-14-3-2-4-15-46/h5-13,16-42,46,59H,2-4,14-15H2,1H3. The molecule has 65 heavy (non-hydrogen) atoms. The lowest BCUT2D eigenvalue weighted by Crippen LogP contribution is -2.35. The maximum Gasteiger partial charge on any atom is 0.135 e. The summed E-state index contributed by atoms with van der Waals surface area (Å²) in [6, 6.07) is 71.7. The first kappa shape index (κ1) is 39.2. The third-order valence-electron chi connectivity index (χ3n) is 14.4. The molecule has 9 aromatic carbocycles. The number of nitrogens with zero attached hydrogens (tertiary/aromatic N) is 1. The predicted molar refractivity (Wildman–Crippen MR) is 276 cm³/mol. The summed E-state index contributed by atoms with van der Waals surface area (Å²) in [5, 5.41) is 7.59. The fraction of sp³-hybridized carbons (Fsp3) is 0.143. The monoisotopic (exact) mass is 837 g/mol. The molecule has 0 N–H and O–H groups in total. The van der Waals surface area contributed by atoms with E-state index in [0.717, 1.165) is 21.9 Å². The van der Waals surface area contributed by atoms with Crippen molar-refractivity contribution in [3.05, 3.63) is 223 Å². The van der Waals surface area contributed by atoms with Crippen LogP contribution in [0.25, 0.3) is 82.4 Å². The van der Waals surface area contributed by atoms with E-state index in [1.165, 1.54) is 115 Å². The minimum Gasteiger partial charge on any atom is -0.456 e. The van der Waals surface area contributed by atoms with Gasteiger partial charge in [-0.25, -0.2) is 0 Å². The summed E-state index contributed by atoms with van der Waals surface area (Å²) in [5.41, 5.74) is 15.7. The zero-order valence-electron chi connectivity index (χ0n) is 36.8. The topological polar surface area (TPSA) is 16.4 Å². The lowest BCUT2D eigenvalue weighted by Gasteiger charge is -2.38. The smallest absolute Gasteiger partial charge is 0.135 e. The van der Waals surface area contributed by atoms with Crippen LogP contribution in [0.4, 0.5) is 11.4 Å². The Hall–Kier alpha value is -7.42. The Bertz CT molecular complexity index is 3420. The molecule has 2 aliphatic carbocycles. The molecule has 0 radical (unpaired) electrons. The number of rotatable bonds is 8. The number of furan rings is 1. The SMILES string of the molecule is CC1C=C(c2ccc3oc4ccccc4c3c2)C=CC1N(c1ccc(-c2ccc(-c3cccc4ccccc34)cc2)cc1)c1ccccc1-c1cccc2cccc(C3CCCCC3)c12. The second-order valence-electron chi connectivity index (χ2n) is 18.3. The number of hydrogen-bond donors (Lipinski definition) is 0. The van der Waals surface area contributed by atoms with Crippen LogP contribution in [0.15, 0.2) is 217 Å². The van der Waals surface area contributed by atoms with Gasteiger partial charge in [-0.05, 0) is 127 Å². The van der Waals surface area contributed by atoms with Crippen molar-refractivity contribution in [2.75, 3.05) is 4.90 Å². The van der Waals surface area contributed by atoms with Crippen molar-refractivity contribution in [3.63, 3.8) is 0 Å². The summed E-state index contributed by atoms with van der Waals surface area (Å²) in [6.07, 6.45) is 13.7. The van der Waals surface area contributed by atoms with Gasteiger partial charge in [-0.1, -0.05) is 202 Å². The van der Waals surface area contributed by atoms with Gasteiger partial charge in [-0.3, -0.25) is 0 Å². The number of allylic oxidation sites excluding steroid dienone is 2. The number of fused-ring (bicyclic) bond motifs is 5. The Morgan fingerprint density at radius 1 is 0.477 bits per heavy atom. The normalized spacial score (nSPS) is 16.7. The molecule has 10 aromatic rings. The van der Waals surface area contributed by atoms with E-state index in [-0.39, 0.29) is 12.0 Å².